The minimum Gasteiger partial charge on any atom is -0.324 e. The first-order chi connectivity index (χ1) is 7.47. The van der Waals surface area contributed by atoms with E-state index in [9.17, 15) is 18.1 Å². The van der Waals surface area contributed by atoms with Gasteiger partial charge in [0.25, 0.3) is 0 Å². The highest BCUT2D eigenvalue weighted by Gasteiger charge is 2.49. The van der Waals surface area contributed by atoms with Gasteiger partial charge in [0.15, 0.2) is 5.78 Å². The van der Waals surface area contributed by atoms with Crippen molar-refractivity contribution in [1.82, 2.24) is 0 Å². The second kappa shape index (κ2) is 4.41. The summed E-state index contributed by atoms with van der Waals surface area (Å²) < 4.78 is 37.0. The fourth-order valence-electron chi connectivity index (χ4n) is 1.95. The molecule has 4 nitrogen and oxygen atoms in total. The first kappa shape index (κ1) is 14.7. The van der Waals surface area contributed by atoms with E-state index >= 15 is 0 Å². The van der Waals surface area contributed by atoms with Crippen LogP contribution in [0.4, 0.5) is 8.78 Å². The topological polar surface area (TPSA) is 74.6 Å². The van der Waals surface area contributed by atoms with Crippen molar-refractivity contribution in [3.63, 3.8) is 0 Å². The third kappa shape index (κ3) is 3.12. The predicted octanol–water partition coefficient (Wildman–Crippen LogP) is 2.34. The van der Waals surface area contributed by atoms with Crippen LogP contribution >= 0.6 is 7.60 Å². The molecule has 7 heteroatoms. The van der Waals surface area contributed by atoms with Gasteiger partial charge in [-0.25, -0.2) is 8.78 Å². The fraction of sp³-hybridized carbons (Fsp3) is 0.900. The molecule has 0 aromatic rings. The van der Waals surface area contributed by atoms with Crippen molar-refractivity contribution in [1.29, 1.82) is 0 Å². The average Bonchev–Trinajstić information content (AvgIpc) is 2.15. The van der Waals surface area contributed by atoms with Gasteiger partial charge in [-0.05, 0) is 26.7 Å². The molecule has 17 heavy (non-hydrogen) atoms. The summed E-state index contributed by atoms with van der Waals surface area (Å²) in [6, 6.07) is 0. The second-order valence-electron chi connectivity index (χ2n) is 5.10. The first-order valence-corrected chi connectivity index (χ1v) is 7.06. The molecule has 0 heterocycles. The van der Waals surface area contributed by atoms with Crippen LogP contribution in [-0.2, 0) is 9.36 Å². The van der Waals surface area contributed by atoms with Crippen LogP contribution in [0.1, 0.15) is 39.5 Å². The summed E-state index contributed by atoms with van der Waals surface area (Å²) in [6.07, 6.45) is -0.786. The summed E-state index contributed by atoms with van der Waals surface area (Å²) in [5, 5.41) is -1.79. The van der Waals surface area contributed by atoms with Crippen LogP contribution in [-0.4, -0.2) is 26.6 Å². The molecule has 1 rings (SSSR count). The van der Waals surface area contributed by atoms with Gasteiger partial charge in [0.05, 0.1) is 0 Å². The van der Waals surface area contributed by atoms with Crippen molar-refractivity contribution in [2.24, 2.45) is 5.92 Å². The standard InChI is InChI=1S/C10H17F2O4P/c1-9(2,17(14,15)16)8(13)7-3-5-10(11,12)6-4-7/h7H,3-6H2,1-2H3,(H2,14,15,16). The summed E-state index contributed by atoms with van der Waals surface area (Å²) in [5.74, 6) is -4.03. The lowest BCUT2D eigenvalue weighted by Gasteiger charge is -2.33. The van der Waals surface area contributed by atoms with Gasteiger partial charge in [-0.15, -0.1) is 0 Å². The van der Waals surface area contributed by atoms with Crippen LogP contribution in [0, 0.1) is 5.92 Å². The van der Waals surface area contributed by atoms with E-state index in [2.05, 4.69) is 0 Å². The van der Waals surface area contributed by atoms with Crippen LogP contribution in [0.5, 0.6) is 0 Å². The van der Waals surface area contributed by atoms with Gasteiger partial charge in [0.2, 0.25) is 5.92 Å². The molecule has 0 radical (unpaired) electrons. The SMILES string of the molecule is CC(C)(C(=O)C1CCC(F)(F)CC1)P(=O)(O)O. The quantitative estimate of drug-likeness (QED) is 0.772. The molecule has 100 valence electrons. The molecule has 0 amide bonds. The van der Waals surface area contributed by atoms with Crippen molar-refractivity contribution in [2.75, 3.05) is 0 Å². The number of carbonyl (C=O) groups excluding carboxylic acids is 1. The zero-order chi connectivity index (χ0) is 13.5. The Morgan fingerprint density at radius 2 is 1.71 bits per heavy atom. The Morgan fingerprint density at radius 1 is 1.29 bits per heavy atom. The van der Waals surface area contributed by atoms with Crippen LogP contribution in [0.2, 0.25) is 0 Å². The lowest BCUT2D eigenvalue weighted by atomic mass is 9.81. The zero-order valence-corrected chi connectivity index (χ0v) is 10.7. The molecule has 0 spiro atoms. The van der Waals surface area contributed by atoms with Crippen LogP contribution in [0.3, 0.4) is 0 Å². The maximum absolute atomic E-state index is 12.9. The fourth-order valence-corrected chi connectivity index (χ4v) is 2.42. The molecule has 1 aliphatic rings. The summed E-state index contributed by atoms with van der Waals surface area (Å²) in [4.78, 5) is 30.1. The van der Waals surface area contributed by atoms with E-state index in [1.807, 2.05) is 0 Å². The van der Waals surface area contributed by atoms with Gasteiger partial charge in [-0.3, -0.25) is 9.36 Å². The number of Topliss-reactive ketones (excluding diaryl/α,β-unsaturated/α-hetero) is 1. The molecule has 0 saturated heterocycles. The molecular weight excluding hydrogens is 253 g/mol. The monoisotopic (exact) mass is 270 g/mol. The van der Waals surface area contributed by atoms with Gasteiger partial charge in [-0.2, -0.15) is 0 Å². The van der Waals surface area contributed by atoms with Gasteiger partial charge >= 0.3 is 7.60 Å². The van der Waals surface area contributed by atoms with Crippen molar-refractivity contribution < 1.29 is 27.9 Å². The molecule has 1 saturated carbocycles. The van der Waals surface area contributed by atoms with Crippen LogP contribution in [0.25, 0.3) is 0 Å². The summed E-state index contributed by atoms with van der Waals surface area (Å²) in [7, 11) is -4.56. The minimum atomic E-state index is -4.56. The van der Waals surface area contributed by atoms with Crippen molar-refractivity contribution >= 4 is 13.4 Å². The van der Waals surface area contributed by atoms with E-state index < -0.39 is 30.4 Å². The number of rotatable bonds is 3. The molecule has 0 atom stereocenters. The highest BCUT2D eigenvalue weighted by atomic mass is 31.2. The van der Waals surface area contributed by atoms with E-state index in [0.717, 1.165) is 0 Å². The molecule has 0 bridgehead atoms. The Bertz CT molecular complexity index is 351. The predicted molar refractivity (Wildman–Crippen MR) is 58.0 cm³/mol. The van der Waals surface area contributed by atoms with E-state index in [1.165, 1.54) is 13.8 Å². The number of ketones is 1. The highest BCUT2D eigenvalue weighted by molar-refractivity contribution is 7.54. The summed E-state index contributed by atoms with van der Waals surface area (Å²) in [6.45, 7) is 2.34. The molecule has 0 aliphatic heterocycles. The van der Waals surface area contributed by atoms with Crippen molar-refractivity contribution in [3.05, 3.63) is 0 Å². The van der Waals surface area contributed by atoms with Gasteiger partial charge in [0.1, 0.15) is 5.16 Å². The number of alkyl halides is 2. The molecule has 1 fully saturated rings. The molecule has 1 aliphatic carbocycles. The number of carbonyl (C=O) groups is 1. The third-order valence-electron chi connectivity index (χ3n) is 3.42. The summed E-state index contributed by atoms with van der Waals surface area (Å²) in [5.41, 5.74) is 0. The Morgan fingerprint density at radius 3 is 2.06 bits per heavy atom. The van der Waals surface area contributed by atoms with Crippen LogP contribution < -0.4 is 0 Å². The maximum Gasteiger partial charge on any atom is 0.338 e. The lowest BCUT2D eigenvalue weighted by molar-refractivity contribution is -0.129. The smallest absolute Gasteiger partial charge is 0.324 e. The van der Waals surface area contributed by atoms with E-state index in [-0.39, 0.29) is 25.7 Å². The van der Waals surface area contributed by atoms with E-state index in [0.29, 0.717) is 0 Å². The first-order valence-electron chi connectivity index (χ1n) is 5.45. The Balaban J connectivity index is 2.77. The third-order valence-corrected chi connectivity index (χ3v) is 5.10. The summed E-state index contributed by atoms with van der Waals surface area (Å²) >= 11 is 0. The lowest BCUT2D eigenvalue weighted by Crippen LogP contribution is -2.40. The van der Waals surface area contributed by atoms with Crippen molar-refractivity contribution in [2.45, 2.75) is 50.6 Å². The van der Waals surface area contributed by atoms with Gasteiger partial charge < -0.3 is 9.79 Å². The molecular formula is C10H17F2O4P. The van der Waals surface area contributed by atoms with Crippen molar-refractivity contribution in [3.8, 4) is 0 Å². The number of halogens is 2. The Labute approximate surface area is 98.6 Å². The van der Waals surface area contributed by atoms with E-state index in [4.69, 9.17) is 9.79 Å². The van der Waals surface area contributed by atoms with E-state index in [1.54, 1.807) is 0 Å². The largest absolute Gasteiger partial charge is 0.338 e. The highest BCUT2D eigenvalue weighted by Crippen LogP contribution is 2.53. The zero-order valence-electron chi connectivity index (χ0n) is 9.82. The number of hydrogen-bond acceptors (Lipinski definition) is 2. The van der Waals surface area contributed by atoms with Crippen LogP contribution in [0.15, 0.2) is 0 Å². The number of hydrogen-bond donors (Lipinski definition) is 2. The maximum atomic E-state index is 12.9. The molecule has 2 N–H and O–H groups in total. The second-order valence-corrected chi connectivity index (χ2v) is 7.30. The Hall–Kier alpha value is -0.320. The molecule has 0 unspecified atom stereocenters. The van der Waals surface area contributed by atoms with Gasteiger partial charge in [0, 0.05) is 18.8 Å². The van der Waals surface area contributed by atoms with Gasteiger partial charge in [-0.1, -0.05) is 0 Å². The normalized spacial score (nSPS) is 22.5. The average molecular weight is 270 g/mol. The molecule has 0 aromatic heterocycles. The minimum absolute atomic E-state index is 0.00470. The molecule has 0 aromatic carbocycles. The Kier molecular flexibility index (Phi) is 3.82.